The molecule has 0 bridgehead atoms. The van der Waals surface area contributed by atoms with Crippen molar-refractivity contribution in [3.05, 3.63) is 63.1 Å². The highest BCUT2D eigenvalue weighted by Crippen LogP contribution is 2.33. The molecule has 3 rings (SSSR count). The molecular weight excluding hydrogens is 467 g/mol. The Morgan fingerprint density at radius 2 is 1.72 bits per heavy atom. The molecule has 1 amide bonds. The van der Waals surface area contributed by atoms with Crippen LogP contribution in [0.1, 0.15) is 62.3 Å². The fourth-order valence-electron chi connectivity index (χ4n) is 4.35. The van der Waals surface area contributed by atoms with Gasteiger partial charge in [0, 0.05) is 5.02 Å². The van der Waals surface area contributed by atoms with E-state index in [1.165, 1.54) is 36.1 Å². The molecule has 0 radical (unpaired) electrons. The second-order valence-electron chi connectivity index (χ2n) is 8.28. The molecule has 1 aliphatic carbocycles. The number of hydrogen-bond donors (Lipinski definition) is 1. The van der Waals surface area contributed by atoms with E-state index < -0.39 is 16.1 Å². The lowest BCUT2D eigenvalue weighted by atomic mass is 9.88. The summed E-state index contributed by atoms with van der Waals surface area (Å²) in [5, 5.41) is 3.63. The molecule has 0 unspecified atom stereocenters. The van der Waals surface area contributed by atoms with Crippen molar-refractivity contribution < 1.29 is 13.2 Å². The van der Waals surface area contributed by atoms with Crippen LogP contribution in [0.4, 0.5) is 5.69 Å². The molecule has 174 valence electrons. The number of halogens is 2. The van der Waals surface area contributed by atoms with E-state index in [9.17, 15) is 13.2 Å². The van der Waals surface area contributed by atoms with Gasteiger partial charge in [-0.15, -0.1) is 0 Å². The van der Waals surface area contributed by atoms with E-state index in [0.717, 1.165) is 29.0 Å². The predicted octanol–water partition coefficient (Wildman–Crippen LogP) is 5.68. The third-order valence-corrected chi connectivity index (χ3v) is 7.70. The van der Waals surface area contributed by atoms with Crippen molar-refractivity contribution in [2.24, 2.45) is 0 Å². The number of amides is 1. The smallest absolute Gasteiger partial charge is 0.244 e. The Labute approximate surface area is 201 Å². The topological polar surface area (TPSA) is 66.5 Å². The first-order valence-corrected chi connectivity index (χ1v) is 13.6. The molecule has 1 aliphatic rings. The Balaban J connectivity index is 1.91. The van der Waals surface area contributed by atoms with E-state index in [2.05, 4.69) is 23.5 Å². The quantitative estimate of drug-likeness (QED) is 0.510. The Morgan fingerprint density at radius 3 is 2.34 bits per heavy atom. The van der Waals surface area contributed by atoms with E-state index >= 15 is 0 Å². The van der Waals surface area contributed by atoms with Crippen LogP contribution in [0, 0.1) is 0 Å². The lowest BCUT2D eigenvalue weighted by Gasteiger charge is -2.32. The average molecular weight is 497 g/mol. The van der Waals surface area contributed by atoms with Crippen LogP contribution in [0.25, 0.3) is 0 Å². The fourth-order valence-corrected chi connectivity index (χ4v) is 5.99. The van der Waals surface area contributed by atoms with Crippen molar-refractivity contribution in [1.29, 1.82) is 0 Å². The number of benzene rings is 2. The van der Waals surface area contributed by atoms with E-state index in [1.807, 2.05) is 6.92 Å². The molecule has 0 spiro atoms. The molecule has 2 aromatic carbocycles. The predicted molar refractivity (Wildman–Crippen MR) is 132 cm³/mol. The number of rotatable bonds is 8. The van der Waals surface area contributed by atoms with Gasteiger partial charge in [-0.05, 0) is 73.4 Å². The molecule has 2 atom stereocenters. The zero-order chi connectivity index (χ0) is 23.5. The summed E-state index contributed by atoms with van der Waals surface area (Å²) in [6.45, 7) is 3.79. The summed E-state index contributed by atoms with van der Waals surface area (Å²) in [7, 11) is -3.80. The van der Waals surface area contributed by atoms with Crippen LogP contribution in [0.5, 0.6) is 0 Å². The van der Waals surface area contributed by atoms with Gasteiger partial charge in [-0.1, -0.05) is 55.2 Å². The molecule has 0 saturated carbocycles. The maximum atomic E-state index is 13.4. The van der Waals surface area contributed by atoms with Crippen LogP contribution < -0.4 is 9.62 Å². The summed E-state index contributed by atoms with van der Waals surface area (Å²) in [4.78, 5) is 13.4. The largest absolute Gasteiger partial charge is 0.347 e. The van der Waals surface area contributed by atoms with Gasteiger partial charge in [0.15, 0.2) is 0 Å². The van der Waals surface area contributed by atoms with Gasteiger partial charge >= 0.3 is 0 Å². The van der Waals surface area contributed by atoms with Gasteiger partial charge in [-0.2, -0.15) is 0 Å². The number of fused-ring (bicyclic) bond motifs is 1. The zero-order valence-electron chi connectivity index (χ0n) is 18.7. The van der Waals surface area contributed by atoms with Crippen LogP contribution >= 0.6 is 23.2 Å². The van der Waals surface area contributed by atoms with Crippen LogP contribution in [0.2, 0.25) is 10.0 Å². The number of anilines is 1. The first-order valence-electron chi connectivity index (χ1n) is 11.0. The lowest BCUT2D eigenvalue weighted by Crippen LogP contribution is -2.50. The number of nitrogens with one attached hydrogen (secondary N) is 1. The average Bonchev–Trinajstić information content (AvgIpc) is 2.76. The highest BCUT2D eigenvalue weighted by molar-refractivity contribution is 7.92. The third-order valence-electron chi connectivity index (χ3n) is 5.97. The molecule has 0 aromatic heterocycles. The number of hydrogen-bond acceptors (Lipinski definition) is 3. The normalized spacial score (nSPS) is 15.5. The molecule has 0 heterocycles. The highest BCUT2D eigenvalue weighted by Gasteiger charge is 2.34. The summed E-state index contributed by atoms with van der Waals surface area (Å²) in [6, 6.07) is 9.84. The van der Waals surface area contributed by atoms with Gasteiger partial charge in [0.25, 0.3) is 0 Å². The molecule has 0 fully saturated rings. The number of carbonyl (C=O) groups excluding carboxylic acids is 1. The minimum absolute atomic E-state index is 0.200. The van der Waals surface area contributed by atoms with Gasteiger partial charge in [0.1, 0.15) is 6.04 Å². The van der Waals surface area contributed by atoms with Crippen molar-refractivity contribution in [2.75, 3.05) is 10.6 Å². The van der Waals surface area contributed by atoms with Crippen LogP contribution in [-0.4, -0.2) is 26.6 Å². The number of sulfonamides is 1. The first-order chi connectivity index (χ1) is 15.2. The van der Waals surface area contributed by atoms with Crippen molar-refractivity contribution in [2.45, 2.75) is 64.5 Å². The van der Waals surface area contributed by atoms with E-state index in [1.54, 1.807) is 13.0 Å². The van der Waals surface area contributed by atoms with Gasteiger partial charge in [0.2, 0.25) is 15.9 Å². The monoisotopic (exact) mass is 496 g/mol. The van der Waals surface area contributed by atoms with Gasteiger partial charge in [-0.3, -0.25) is 9.10 Å². The Kier molecular flexibility index (Phi) is 8.12. The summed E-state index contributed by atoms with van der Waals surface area (Å²) < 4.78 is 26.5. The minimum Gasteiger partial charge on any atom is -0.347 e. The fraction of sp³-hybridized carbons (Fsp3) is 0.458. The first kappa shape index (κ1) is 24.9. The molecule has 32 heavy (non-hydrogen) atoms. The van der Waals surface area contributed by atoms with Crippen molar-refractivity contribution >= 4 is 44.8 Å². The molecule has 1 N–H and O–H groups in total. The lowest BCUT2D eigenvalue weighted by molar-refractivity contribution is -0.123. The van der Waals surface area contributed by atoms with E-state index in [4.69, 9.17) is 23.2 Å². The molecule has 8 heteroatoms. The Hall–Kier alpha value is -1.76. The summed E-state index contributed by atoms with van der Waals surface area (Å²) in [5.41, 5.74) is 3.97. The molecule has 2 aromatic rings. The SMILES string of the molecule is CC[C@H](C(=O)N[C@H](CC)c1ccc2c(c1)CCCC2)N(c1cc(Cl)ccc1Cl)S(C)(=O)=O. The molecule has 0 saturated heterocycles. The van der Waals surface area contributed by atoms with Crippen LogP contribution in [-0.2, 0) is 27.7 Å². The second kappa shape index (κ2) is 10.4. The standard InChI is InChI=1S/C24H30Cl2N2O3S/c1-4-21(18-11-10-16-8-6-7-9-17(16)14-18)27-24(29)22(5-2)28(32(3,30)31)23-15-19(25)12-13-20(23)26/h10-15,21-22H,4-9H2,1-3H3,(H,27,29)/t21-,22-/m1/s1. The van der Waals surface area contributed by atoms with E-state index in [0.29, 0.717) is 11.4 Å². The van der Waals surface area contributed by atoms with Gasteiger partial charge in [-0.25, -0.2) is 8.42 Å². The van der Waals surface area contributed by atoms with Gasteiger partial charge < -0.3 is 5.32 Å². The number of nitrogens with zero attached hydrogens (tertiary/aromatic N) is 1. The van der Waals surface area contributed by atoms with Crippen molar-refractivity contribution in [3.63, 3.8) is 0 Å². The number of carbonyl (C=O) groups is 1. The van der Waals surface area contributed by atoms with E-state index in [-0.39, 0.29) is 29.1 Å². The highest BCUT2D eigenvalue weighted by atomic mass is 35.5. The van der Waals surface area contributed by atoms with Crippen LogP contribution in [0.3, 0.4) is 0 Å². The molecular formula is C24H30Cl2N2O3S. The number of aryl methyl sites for hydroxylation is 2. The van der Waals surface area contributed by atoms with Crippen LogP contribution in [0.15, 0.2) is 36.4 Å². The zero-order valence-corrected chi connectivity index (χ0v) is 21.0. The molecule has 0 aliphatic heterocycles. The van der Waals surface area contributed by atoms with Gasteiger partial charge in [0.05, 0.1) is 23.0 Å². The molecule has 5 nitrogen and oxygen atoms in total. The third kappa shape index (κ3) is 5.59. The summed E-state index contributed by atoms with van der Waals surface area (Å²) in [6.07, 6.45) is 6.59. The maximum Gasteiger partial charge on any atom is 0.244 e. The summed E-state index contributed by atoms with van der Waals surface area (Å²) in [5.74, 6) is -0.362. The van der Waals surface area contributed by atoms with Crippen molar-refractivity contribution in [1.82, 2.24) is 5.32 Å². The maximum absolute atomic E-state index is 13.4. The summed E-state index contributed by atoms with van der Waals surface area (Å²) >= 11 is 12.4. The Morgan fingerprint density at radius 1 is 1.03 bits per heavy atom. The Bertz CT molecular complexity index is 1090. The second-order valence-corrected chi connectivity index (χ2v) is 11.0. The minimum atomic E-state index is -3.80. The van der Waals surface area contributed by atoms with Crippen molar-refractivity contribution in [3.8, 4) is 0 Å².